The highest BCUT2D eigenvalue weighted by molar-refractivity contribution is 6.30. The average molecular weight is 376 g/mol. The number of anilines is 1. The number of carbonyl (C=O) groups is 3. The van der Waals surface area contributed by atoms with Crippen LogP contribution in [-0.4, -0.2) is 17.7 Å². The Morgan fingerprint density at radius 1 is 1.19 bits per heavy atom. The van der Waals surface area contributed by atoms with Gasteiger partial charge in [-0.15, -0.1) is 0 Å². The van der Waals surface area contributed by atoms with Crippen molar-refractivity contribution in [1.29, 1.82) is 0 Å². The van der Waals surface area contributed by atoms with Gasteiger partial charge in [0.05, 0.1) is 0 Å². The fourth-order valence-corrected chi connectivity index (χ4v) is 4.46. The molecule has 2 aliphatic rings. The maximum atomic E-state index is 13.1. The molecule has 138 valence electrons. The van der Waals surface area contributed by atoms with Crippen molar-refractivity contribution in [3.05, 3.63) is 40.6 Å². The van der Waals surface area contributed by atoms with E-state index in [9.17, 15) is 14.4 Å². The van der Waals surface area contributed by atoms with Crippen LogP contribution >= 0.6 is 11.6 Å². The second-order valence-electron chi connectivity index (χ2n) is 7.00. The normalized spacial score (nSPS) is 22.1. The van der Waals surface area contributed by atoms with Crippen LogP contribution in [-0.2, 0) is 14.4 Å². The topological polar surface area (TPSA) is 101 Å². The van der Waals surface area contributed by atoms with Gasteiger partial charge in [-0.1, -0.05) is 30.9 Å². The maximum absolute atomic E-state index is 13.1. The molecule has 0 bridgehead atoms. The van der Waals surface area contributed by atoms with E-state index in [4.69, 9.17) is 17.3 Å². The van der Waals surface area contributed by atoms with Gasteiger partial charge < -0.3 is 16.4 Å². The van der Waals surface area contributed by atoms with Gasteiger partial charge in [0.2, 0.25) is 11.8 Å². The summed E-state index contributed by atoms with van der Waals surface area (Å²) < 4.78 is 0. The van der Waals surface area contributed by atoms with Crippen LogP contribution in [0.15, 0.2) is 35.5 Å². The zero-order chi connectivity index (χ0) is 18.9. The number of hydrogen-bond acceptors (Lipinski definition) is 3. The van der Waals surface area contributed by atoms with Crippen LogP contribution in [0, 0.1) is 11.3 Å². The molecule has 1 aromatic rings. The number of carbonyl (C=O) groups excluding carboxylic acids is 3. The lowest BCUT2D eigenvalue weighted by molar-refractivity contribution is -0.140. The molecule has 1 aliphatic heterocycles. The summed E-state index contributed by atoms with van der Waals surface area (Å²) in [5.41, 5.74) is 6.27. The molecule has 1 saturated carbocycles. The Hall–Kier alpha value is -2.34. The summed E-state index contributed by atoms with van der Waals surface area (Å²) in [5.74, 6) is -2.45. The first-order chi connectivity index (χ1) is 12.3. The van der Waals surface area contributed by atoms with Crippen LogP contribution in [0.5, 0.6) is 0 Å². The van der Waals surface area contributed by atoms with Gasteiger partial charge in [0.15, 0.2) is 0 Å². The Kier molecular flexibility index (Phi) is 5.05. The lowest BCUT2D eigenvalue weighted by Gasteiger charge is -2.46. The molecule has 0 radical (unpaired) electrons. The third-order valence-corrected chi connectivity index (χ3v) is 5.61. The lowest BCUT2D eigenvalue weighted by Crippen LogP contribution is -2.56. The minimum atomic E-state index is -1.03. The number of halogens is 1. The number of nitrogens with two attached hydrogens (primary N) is 1. The van der Waals surface area contributed by atoms with Gasteiger partial charge in [0.1, 0.15) is 5.92 Å². The molecule has 1 fully saturated rings. The van der Waals surface area contributed by atoms with E-state index in [1.54, 1.807) is 31.2 Å². The van der Waals surface area contributed by atoms with Crippen molar-refractivity contribution in [3.8, 4) is 0 Å². The van der Waals surface area contributed by atoms with E-state index in [0.717, 1.165) is 19.3 Å². The smallest absolute Gasteiger partial charge is 0.253 e. The zero-order valence-electron chi connectivity index (χ0n) is 14.6. The van der Waals surface area contributed by atoms with Gasteiger partial charge in [0, 0.05) is 27.4 Å². The monoisotopic (exact) mass is 375 g/mol. The summed E-state index contributed by atoms with van der Waals surface area (Å²) in [4.78, 5) is 37.7. The fourth-order valence-electron chi connectivity index (χ4n) is 4.33. The van der Waals surface area contributed by atoms with Crippen molar-refractivity contribution < 1.29 is 14.4 Å². The van der Waals surface area contributed by atoms with Crippen LogP contribution in [0.4, 0.5) is 5.69 Å². The molecule has 0 aromatic heterocycles. The van der Waals surface area contributed by atoms with Gasteiger partial charge in [-0.25, -0.2) is 0 Å². The highest BCUT2D eigenvalue weighted by Crippen LogP contribution is 2.51. The number of nitrogens with one attached hydrogen (secondary N) is 2. The van der Waals surface area contributed by atoms with Crippen molar-refractivity contribution in [1.82, 2.24) is 5.32 Å². The fraction of sp³-hybridized carbons (Fsp3) is 0.421. The van der Waals surface area contributed by atoms with E-state index in [1.165, 1.54) is 0 Å². The second kappa shape index (κ2) is 7.11. The number of hydrogen-bond donors (Lipinski definition) is 3. The molecule has 0 saturated heterocycles. The predicted molar refractivity (Wildman–Crippen MR) is 99.1 cm³/mol. The molecule has 3 rings (SSSR count). The van der Waals surface area contributed by atoms with E-state index in [2.05, 4.69) is 10.6 Å². The number of rotatable bonds is 3. The van der Waals surface area contributed by atoms with E-state index >= 15 is 0 Å². The summed E-state index contributed by atoms with van der Waals surface area (Å²) >= 11 is 5.89. The molecule has 3 amide bonds. The van der Waals surface area contributed by atoms with Crippen LogP contribution in [0.2, 0.25) is 5.02 Å². The van der Waals surface area contributed by atoms with Gasteiger partial charge >= 0.3 is 0 Å². The Bertz CT molecular complexity index is 780. The van der Waals surface area contributed by atoms with Gasteiger partial charge in [-0.05, 0) is 44.0 Å². The molecule has 1 atom stereocenters. The Morgan fingerprint density at radius 2 is 1.81 bits per heavy atom. The third kappa shape index (κ3) is 3.21. The van der Waals surface area contributed by atoms with E-state index < -0.39 is 23.1 Å². The number of primary amides is 1. The van der Waals surface area contributed by atoms with Crippen molar-refractivity contribution in [2.24, 2.45) is 17.1 Å². The Balaban J connectivity index is 2.01. The van der Waals surface area contributed by atoms with Crippen LogP contribution < -0.4 is 16.4 Å². The molecular formula is C19H22ClN3O3. The molecule has 1 aromatic carbocycles. The quantitative estimate of drug-likeness (QED) is 0.708. The highest BCUT2D eigenvalue weighted by atomic mass is 35.5. The van der Waals surface area contributed by atoms with Crippen molar-refractivity contribution in [2.75, 3.05) is 5.32 Å². The third-order valence-electron chi connectivity index (χ3n) is 5.36. The minimum Gasteiger partial charge on any atom is -0.369 e. The zero-order valence-corrected chi connectivity index (χ0v) is 15.4. The molecule has 1 heterocycles. The summed E-state index contributed by atoms with van der Waals surface area (Å²) in [5, 5.41) is 6.09. The highest BCUT2D eigenvalue weighted by Gasteiger charge is 2.54. The molecular weight excluding hydrogens is 354 g/mol. The number of benzene rings is 1. The average Bonchev–Trinajstić information content (AvgIpc) is 2.56. The maximum Gasteiger partial charge on any atom is 0.253 e. The first kappa shape index (κ1) is 18.5. The number of amides is 3. The summed E-state index contributed by atoms with van der Waals surface area (Å²) in [6, 6.07) is 6.78. The van der Waals surface area contributed by atoms with E-state index in [1.807, 2.05) is 0 Å². The molecule has 1 aliphatic carbocycles. The first-order valence-electron chi connectivity index (χ1n) is 8.73. The van der Waals surface area contributed by atoms with Crippen LogP contribution in [0.3, 0.4) is 0 Å². The predicted octanol–water partition coefficient (Wildman–Crippen LogP) is 2.73. The molecule has 6 nitrogen and oxygen atoms in total. The lowest BCUT2D eigenvalue weighted by atomic mass is 9.59. The van der Waals surface area contributed by atoms with E-state index in [0.29, 0.717) is 34.8 Å². The Morgan fingerprint density at radius 3 is 2.38 bits per heavy atom. The van der Waals surface area contributed by atoms with Gasteiger partial charge in [-0.2, -0.15) is 0 Å². The largest absolute Gasteiger partial charge is 0.369 e. The molecule has 1 spiro atoms. The van der Waals surface area contributed by atoms with Crippen molar-refractivity contribution in [3.63, 3.8) is 0 Å². The molecule has 1 unspecified atom stereocenters. The van der Waals surface area contributed by atoms with Crippen LogP contribution in [0.1, 0.15) is 39.0 Å². The Labute approximate surface area is 157 Å². The van der Waals surface area contributed by atoms with Crippen molar-refractivity contribution >= 4 is 35.0 Å². The second-order valence-corrected chi connectivity index (χ2v) is 7.44. The summed E-state index contributed by atoms with van der Waals surface area (Å²) in [6.07, 6.45) is 3.90. The van der Waals surface area contributed by atoms with Crippen molar-refractivity contribution in [2.45, 2.75) is 39.0 Å². The minimum absolute atomic E-state index is 0.321. The number of allylic oxidation sites excluding steroid dienone is 1. The standard InChI is InChI=1S/C19H22ClN3O3/c1-11-14(17(25)23-13-7-5-12(20)6-8-13)19(9-3-2-4-10-19)15(16(21)24)18(26)22-11/h5-8,15H,2-4,9-10H2,1H3,(H2,21,24)(H,22,26)(H,23,25). The summed E-state index contributed by atoms with van der Waals surface area (Å²) in [7, 11) is 0. The molecule has 4 N–H and O–H groups in total. The van der Waals surface area contributed by atoms with Crippen LogP contribution in [0.25, 0.3) is 0 Å². The SMILES string of the molecule is CC1=C(C(=O)Nc2ccc(Cl)cc2)C2(CCCCC2)C(C(N)=O)C(=O)N1. The molecule has 26 heavy (non-hydrogen) atoms. The van der Waals surface area contributed by atoms with Gasteiger partial charge in [0.25, 0.3) is 5.91 Å². The summed E-state index contributed by atoms with van der Waals surface area (Å²) in [6.45, 7) is 1.70. The first-order valence-corrected chi connectivity index (χ1v) is 9.11. The molecule has 7 heteroatoms. The van der Waals surface area contributed by atoms with Gasteiger partial charge in [-0.3, -0.25) is 14.4 Å². The van der Waals surface area contributed by atoms with E-state index in [-0.39, 0.29) is 5.91 Å².